The summed E-state index contributed by atoms with van der Waals surface area (Å²) >= 11 is 0. The SMILES string of the molecule is O=C1CCC(=O)N1c1ccc(S(=O)(=O)N2CCC(n3nccn3)CC2)cc1. The summed E-state index contributed by atoms with van der Waals surface area (Å²) in [5, 5.41) is 8.25. The van der Waals surface area contributed by atoms with Crippen LogP contribution in [0, 0.1) is 0 Å². The Balaban J connectivity index is 1.48. The molecule has 2 aromatic rings. The van der Waals surface area contributed by atoms with Gasteiger partial charge < -0.3 is 0 Å². The maximum absolute atomic E-state index is 12.9. The van der Waals surface area contributed by atoms with E-state index in [9.17, 15) is 18.0 Å². The van der Waals surface area contributed by atoms with Crippen LogP contribution in [0.3, 0.4) is 0 Å². The van der Waals surface area contributed by atoms with Crippen LogP contribution in [-0.2, 0) is 19.6 Å². The average Bonchev–Trinajstić information content (AvgIpc) is 3.32. The van der Waals surface area contributed by atoms with Gasteiger partial charge in [0, 0.05) is 25.9 Å². The van der Waals surface area contributed by atoms with Crippen molar-refractivity contribution in [3.8, 4) is 0 Å². The van der Waals surface area contributed by atoms with E-state index in [-0.39, 0.29) is 35.6 Å². The van der Waals surface area contributed by atoms with Crippen molar-refractivity contribution in [1.29, 1.82) is 0 Å². The molecular weight excluding hydrogens is 370 g/mol. The lowest BCUT2D eigenvalue weighted by Crippen LogP contribution is -2.39. The molecule has 0 radical (unpaired) electrons. The third-order valence-corrected chi connectivity index (χ3v) is 6.88. The molecule has 27 heavy (non-hydrogen) atoms. The molecule has 1 aromatic carbocycles. The molecule has 9 nitrogen and oxygen atoms in total. The summed E-state index contributed by atoms with van der Waals surface area (Å²) < 4.78 is 27.2. The summed E-state index contributed by atoms with van der Waals surface area (Å²) in [6.45, 7) is 0.777. The average molecular weight is 389 g/mol. The van der Waals surface area contributed by atoms with E-state index in [1.807, 2.05) is 0 Å². The van der Waals surface area contributed by atoms with Crippen molar-refractivity contribution in [2.24, 2.45) is 0 Å². The summed E-state index contributed by atoms with van der Waals surface area (Å²) in [5.41, 5.74) is 0.407. The van der Waals surface area contributed by atoms with Crippen molar-refractivity contribution in [2.75, 3.05) is 18.0 Å². The van der Waals surface area contributed by atoms with E-state index >= 15 is 0 Å². The Hall–Kier alpha value is -2.59. The van der Waals surface area contributed by atoms with Crippen molar-refractivity contribution >= 4 is 27.5 Å². The number of sulfonamides is 1. The smallest absolute Gasteiger partial charge is 0.243 e. The number of amides is 2. The Morgan fingerprint density at radius 1 is 0.889 bits per heavy atom. The summed E-state index contributed by atoms with van der Waals surface area (Å²) in [7, 11) is -3.63. The Kier molecular flexibility index (Phi) is 4.52. The van der Waals surface area contributed by atoms with E-state index in [1.165, 1.54) is 28.6 Å². The zero-order chi connectivity index (χ0) is 19.0. The van der Waals surface area contributed by atoms with E-state index in [0.29, 0.717) is 31.6 Å². The minimum Gasteiger partial charge on any atom is -0.274 e. The summed E-state index contributed by atoms with van der Waals surface area (Å²) in [6.07, 6.45) is 4.89. The minimum absolute atomic E-state index is 0.0982. The Morgan fingerprint density at radius 2 is 1.44 bits per heavy atom. The molecule has 0 unspecified atom stereocenters. The second-order valence-electron chi connectivity index (χ2n) is 6.60. The highest BCUT2D eigenvalue weighted by molar-refractivity contribution is 7.89. The van der Waals surface area contributed by atoms with Gasteiger partial charge in [-0.15, -0.1) is 0 Å². The van der Waals surface area contributed by atoms with Gasteiger partial charge in [0.15, 0.2) is 0 Å². The molecule has 2 aliphatic heterocycles. The zero-order valence-electron chi connectivity index (χ0n) is 14.6. The van der Waals surface area contributed by atoms with Crippen LogP contribution < -0.4 is 4.90 Å². The number of nitrogens with zero attached hydrogens (tertiary/aromatic N) is 5. The number of hydrogen-bond donors (Lipinski definition) is 0. The number of rotatable bonds is 4. The van der Waals surface area contributed by atoms with Crippen LogP contribution in [0.4, 0.5) is 5.69 Å². The van der Waals surface area contributed by atoms with Crippen LogP contribution in [0.5, 0.6) is 0 Å². The van der Waals surface area contributed by atoms with Gasteiger partial charge in [-0.25, -0.2) is 8.42 Å². The molecule has 0 saturated carbocycles. The number of anilines is 1. The second kappa shape index (κ2) is 6.86. The lowest BCUT2D eigenvalue weighted by atomic mass is 10.1. The normalized spacial score (nSPS) is 19.8. The molecule has 2 saturated heterocycles. The first-order valence-corrected chi connectivity index (χ1v) is 10.2. The predicted octanol–water partition coefficient (Wildman–Crippen LogP) is 0.957. The first-order chi connectivity index (χ1) is 13.0. The molecule has 2 fully saturated rings. The molecular formula is C17H19N5O4S. The Labute approximate surface area is 156 Å². The van der Waals surface area contributed by atoms with E-state index in [1.54, 1.807) is 17.2 Å². The lowest BCUT2D eigenvalue weighted by molar-refractivity contribution is -0.121. The molecule has 142 valence electrons. The molecule has 4 rings (SSSR count). The fourth-order valence-electron chi connectivity index (χ4n) is 3.51. The van der Waals surface area contributed by atoms with Crippen LogP contribution in [0.2, 0.25) is 0 Å². The van der Waals surface area contributed by atoms with Gasteiger partial charge in [-0.3, -0.25) is 14.5 Å². The first kappa shape index (κ1) is 17.8. The molecule has 0 spiro atoms. The van der Waals surface area contributed by atoms with Crippen LogP contribution in [-0.4, -0.2) is 52.6 Å². The summed E-state index contributed by atoms with van der Waals surface area (Å²) in [4.78, 5) is 26.5. The van der Waals surface area contributed by atoms with Crippen molar-refractivity contribution in [3.63, 3.8) is 0 Å². The number of carbonyl (C=O) groups is 2. The van der Waals surface area contributed by atoms with Crippen LogP contribution in [0.15, 0.2) is 41.6 Å². The summed E-state index contributed by atoms with van der Waals surface area (Å²) in [6, 6.07) is 6.01. The fourth-order valence-corrected chi connectivity index (χ4v) is 4.98. The van der Waals surface area contributed by atoms with Gasteiger partial charge >= 0.3 is 0 Å². The Bertz CT molecular complexity index is 932. The maximum atomic E-state index is 12.9. The van der Waals surface area contributed by atoms with Gasteiger partial charge in [0.25, 0.3) is 0 Å². The van der Waals surface area contributed by atoms with Crippen LogP contribution >= 0.6 is 0 Å². The van der Waals surface area contributed by atoms with Gasteiger partial charge in [0.1, 0.15) is 0 Å². The number of aromatic nitrogens is 3. The molecule has 0 aliphatic carbocycles. The lowest BCUT2D eigenvalue weighted by Gasteiger charge is -2.30. The highest BCUT2D eigenvalue weighted by Gasteiger charge is 2.32. The number of hydrogen-bond acceptors (Lipinski definition) is 6. The van der Waals surface area contributed by atoms with Crippen molar-refractivity contribution < 1.29 is 18.0 Å². The van der Waals surface area contributed by atoms with Gasteiger partial charge in [-0.05, 0) is 37.1 Å². The second-order valence-corrected chi connectivity index (χ2v) is 8.54. The molecule has 3 heterocycles. The molecule has 10 heteroatoms. The number of benzene rings is 1. The summed E-state index contributed by atoms with van der Waals surface area (Å²) in [5.74, 6) is -0.519. The molecule has 0 N–H and O–H groups in total. The minimum atomic E-state index is -3.63. The van der Waals surface area contributed by atoms with E-state index in [4.69, 9.17) is 0 Å². The highest BCUT2D eigenvalue weighted by Crippen LogP contribution is 2.28. The topological polar surface area (TPSA) is 105 Å². The molecule has 1 aromatic heterocycles. The zero-order valence-corrected chi connectivity index (χ0v) is 15.4. The van der Waals surface area contributed by atoms with Crippen LogP contribution in [0.25, 0.3) is 0 Å². The third-order valence-electron chi connectivity index (χ3n) is 4.97. The largest absolute Gasteiger partial charge is 0.274 e. The van der Waals surface area contributed by atoms with E-state index in [0.717, 1.165) is 4.90 Å². The van der Waals surface area contributed by atoms with Gasteiger partial charge in [0.05, 0.1) is 29.0 Å². The van der Waals surface area contributed by atoms with E-state index < -0.39 is 10.0 Å². The van der Waals surface area contributed by atoms with Crippen molar-refractivity contribution in [2.45, 2.75) is 36.6 Å². The number of carbonyl (C=O) groups excluding carboxylic acids is 2. The molecule has 0 bridgehead atoms. The maximum Gasteiger partial charge on any atom is 0.243 e. The molecule has 2 amide bonds. The predicted molar refractivity (Wildman–Crippen MR) is 95.2 cm³/mol. The monoisotopic (exact) mass is 389 g/mol. The standard InChI is InChI=1S/C17H19N5O4S/c23-16-5-6-17(24)21(16)13-1-3-15(4-2-13)27(25,26)20-11-7-14(8-12-20)22-18-9-10-19-22/h1-4,9-10,14H,5-8,11-12H2. The van der Waals surface area contributed by atoms with Gasteiger partial charge in [-0.1, -0.05) is 0 Å². The fraction of sp³-hybridized carbons (Fsp3) is 0.412. The van der Waals surface area contributed by atoms with Gasteiger partial charge in [-0.2, -0.15) is 19.3 Å². The van der Waals surface area contributed by atoms with Crippen molar-refractivity contribution in [3.05, 3.63) is 36.7 Å². The third kappa shape index (κ3) is 3.26. The molecule has 2 aliphatic rings. The Morgan fingerprint density at radius 3 is 2.00 bits per heavy atom. The first-order valence-electron chi connectivity index (χ1n) is 8.78. The number of imide groups is 1. The number of piperidine rings is 1. The van der Waals surface area contributed by atoms with Gasteiger partial charge in [0.2, 0.25) is 21.8 Å². The molecule has 0 atom stereocenters. The van der Waals surface area contributed by atoms with Crippen LogP contribution in [0.1, 0.15) is 31.7 Å². The highest BCUT2D eigenvalue weighted by atomic mass is 32.2. The quantitative estimate of drug-likeness (QED) is 0.721. The van der Waals surface area contributed by atoms with Crippen molar-refractivity contribution in [1.82, 2.24) is 19.3 Å². The van der Waals surface area contributed by atoms with E-state index in [2.05, 4.69) is 10.2 Å².